The van der Waals surface area contributed by atoms with Crippen LogP contribution >= 0.6 is 0 Å². The van der Waals surface area contributed by atoms with Crippen LogP contribution in [0.25, 0.3) is 0 Å². The third-order valence-corrected chi connectivity index (χ3v) is 2.55. The van der Waals surface area contributed by atoms with E-state index < -0.39 is 17.7 Å². The Bertz CT molecular complexity index is 328. The highest BCUT2D eigenvalue weighted by atomic mass is 19.1. The summed E-state index contributed by atoms with van der Waals surface area (Å²) in [6.07, 6.45) is 0.692. The fourth-order valence-corrected chi connectivity index (χ4v) is 1.52. The van der Waals surface area contributed by atoms with Crippen molar-refractivity contribution >= 4 is 0 Å². The van der Waals surface area contributed by atoms with Crippen molar-refractivity contribution in [3.63, 3.8) is 0 Å². The lowest BCUT2D eigenvalue weighted by atomic mass is 9.92. The lowest BCUT2D eigenvalue weighted by molar-refractivity contribution is 0.426. The van der Waals surface area contributed by atoms with Crippen molar-refractivity contribution in [2.75, 3.05) is 6.54 Å². The molecule has 0 saturated heterocycles. The molecule has 0 saturated carbocycles. The summed E-state index contributed by atoms with van der Waals surface area (Å²) in [5.74, 6) is -0.902. The van der Waals surface area contributed by atoms with E-state index in [9.17, 15) is 8.78 Å². The van der Waals surface area contributed by atoms with Crippen molar-refractivity contribution in [1.29, 1.82) is 0 Å². The van der Waals surface area contributed by atoms with Gasteiger partial charge in [0.05, 0.1) is 0 Å². The summed E-state index contributed by atoms with van der Waals surface area (Å²) in [5, 5.41) is 0. The van der Waals surface area contributed by atoms with Crippen LogP contribution in [0, 0.1) is 17.6 Å². The van der Waals surface area contributed by atoms with Crippen LogP contribution in [0.2, 0.25) is 0 Å². The van der Waals surface area contributed by atoms with Gasteiger partial charge < -0.3 is 11.5 Å². The van der Waals surface area contributed by atoms with E-state index in [0.29, 0.717) is 13.0 Å². The molecule has 0 aromatic heterocycles. The average Bonchev–Trinajstić information content (AvgIpc) is 2.21. The molecule has 15 heavy (non-hydrogen) atoms. The standard InChI is InChI=1S/C11H16F2N2/c1-7(4-5-14)11(15)9-6-8(12)2-3-10(9)13/h2-3,6-7,11H,4-5,14-15H2,1H3. The minimum Gasteiger partial charge on any atom is -0.330 e. The van der Waals surface area contributed by atoms with Crippen LogP contribution in [0.1, 0.15) is 24.9 Å². The Kier molecular flexibility index (Phi) is 4.17. The van der Waals surface area contributed by atoms with Gasteiger partial charge in [0.1, 0.15) is 11.6 Å². The van der Waals surface area contributed by atoms with E-state index in [4.69, 9.17) is 11.5 Å². The van der Waals surface area contributed by atoms with Crippen molar-refractivity contribution in [3.8, 4) is 0 Å². The van der Waals surface area contributed by atoms with Gasteiger partial charge in [-0.25, -0.2) is 8.78 Å². The highest BCUT2D eigenvalue weighted by molar-refractivity contribution is 5.22. The molecule has 0 bridgehead atoms. The third kappa shape index (κ3) is 2.97. The molecule has 1 aromatic carbocycles. The number of rotatable bonds is 4. The first-order valence-corrected chi connectivity index (χ1v) is 4.97. The molecule has 0 spiro atoms. The summed E-state index contributed by atoms with van der Waals surface area (Å²) in [4.78, 5) is 0. The van der Waals surface area contributed by atoms with Crippen molar-refractivity contribution in [3.05, 3.63) is 35.4 Å². The second-order valence-corrected chi connectivity index (χ2v) is 3.75. The molecule has 0 amide bonds. The van der Waals surface area contributed by atoms with Gasteiger partial charge in [-0.2, -0.15) is 0 Å². The molecule has 84 valence electrons. The normalized spacial score (nSPS) is 15.0. The number of benzene rings is 1. The number of hydrogen-bond donors (Lipinski definition) is 2. The molecule has 0 heterocycles. The van der Waals surface area contributed by atoms with Crippen LogP contribution in [-0.2, 0) is 0 Å². The molecule has 4 heteroatoms. The van der Waals surface area contributed by atoms with E-state index in [0.717, 1.165) is 18.2 Å². The van der Waals surface area contributed by atoms with E-state index in [-0.39, 0.29) is 11.5 Å². The number of hydrogen-bond acceptors (Lipinski definition) is 2. The zero-order chi connectivity index (χ0) is 11.4. The summed E-state index contributed by atoms with van der Waals surface area (Å²) in [7, 11) is 0. The summed E-state index contributed by atoms with van der Waals surface area (Å²) in [6.45, 7) is 2.37. The maximum absolute atomic E-state index is 13.3. The fraction of sp³-hybridized carbons (Fsp3) is 0.455. The van der Waals surface area contributed by atoms with E-state index in [2.05, 4.69) is 0 Å². The van der Waals surface area contributed by atoms with E-state index >= 15 is 0 Å². The highest BCUT2D eigenvalue weighted by Gasteiger charge is 2.18. The molecule has 0 aliphatic carbocycles. The van der Waals surface area contributed by atoms with Crippen molar-refractivity contribution in [2.24, 2.45) is 17.4 Å². The molecule has 2 atom stereocenters. The Morgan fingerprint density at radius 3 is 2.60 bits per heavy atom. The van der Waals surface area contributed by atoms with Crippen LogP contribution in [0.5, 0.6) is 0 Å². The predicted molar refractivity (Wildman–Crippen MR) is 56.1 cm³/mol. The molecule has 1 aromatic rings. The third-order valence-electron chi connectivity index (χ3n) is 2.55. The number of halogens is 2. The second-order valence-electron chi connectivity index (χ2n) is 3.75. The number of nitrogens with two attached hydrogens (primary N) is 2. The minimum absolute atomic E-state index is 0.0336. The molecule has 2 unspecified atom stereocenters. The van der Waals surface area contributed by atoms with Crippen molar-refractivity contribution < 1.29 is 8.78 Å². The fourth-order valence-electron chi connectivity index (χ4n) is 1.52. The van der Waals surface area contributed by atoms with Gasteiger partial charge in [-0.1, -0.05) is 6.92 Å². The van der Waals surface area contributed by atoms with Gasteiger partial charge in [-0.15, -0.1) is 0 Å². The molecule has 0 fully saturated rings. The molecule has 0 radical (unpaired) electrons. The first-order chi connectivity index (χ1) is 7.06. The first-order valence-electron chi connectivity index (χ1n) is 4.97. The van der Waals surface area contributed by atoms with E-state index in [1.807, 2.05) is 6.92 Å². The molecule has 0 aliphatic heterocycles. The molecule has 1 rings (SSSR count). The zero-order valence-corrected chi connectivity index (χ0v) is 8.71. The van der Waals surface area contributed by atoms with E-state index in [1.165, 1.54) is 0 Å². The van der Waals surface area contributed by atoms with Gasteiger partial charge >= 0.3 is 0 Å². The SMILES string of the molecule is CC(CCN)C(N)c1cc(F)ccc1F. The Labute approximate surface area is 88.3 Å². The average molecular weight is 214 g/mol. The Morgan fingerprint density at radius 1 is 1.33 bits per heavy atom. The van der Waals surface area contributed by atoms with Crippen molar-refractivity contribution in [1.82, 2.24) is 0 Å². The topological polar surface area (TPSA) is 52.0 Å². The monoisotopic (exact) mass is 214 g/mol. The molecular weight excluding hydrogens is 198 g/mol. The van der Waals surface area contributed by atoms with Crippen LogP contribution in [0.4, 0.5) is 8.78 Å². The lowest BCUT2D eigenvalue weighted by Crippen LogP contribution is -2.22. The summed E-state index contributed by atoms with van der Waals surface area (Å²) >= 11 is 0. The smallest absolute Gasteiger partial charge is 0.128 e. The first kappa shape index (κ1) is 12.1. The van der Waals surface area contributed by atoms with Gasteiger partial charge in [-0.3, -0.25) is 0 Å². The van der Waals surface area contributed by atoms with Gasteiger partial charge in [-0.05, 0) is 37.1 Å². The summed E-state index contributed by atoms with van der Waals surface area (Å²) in [5.41, 5.74) is 11.4. The molecule has 2 nitrogen and oxygen atoms in total. The lowest BCUT2D eigenvalue weighted by Gasteiger charge is -2.20. The van der Waals surface area contributed by atoms with Gasteiger partial charge in [0.15, 0.2) is 0 Å². The molecular formula is C11H16F2N2. The predicted octanol–water partition coefficient (Wildman–Crippen LogP) is 1.95. The Hall–Kier alpha value is -1.00. The zero-order valence-electron chi connectivity index (χ0n) is 8.71. The maximum atomic E-state index is 13.3. The molecule has 0 aliphatic rings. The second kappa shape index (κ2) is 5.19. The van der Waals surface area contributed by atoms with Crippen LogP contribution < -0.4 is 11.5 Å². The maximum Gasteiger partial charge on any atom is 0.128 e. The largest absolute Gasteiger partial charge is 0.330 e. The van der Waals surface area contributed by atoms with Crippen LogP contribution in [0.15, 0.2) is 18.2 Å². The molecule has 4 N–H and O–H groups in total. The van der Waals surface area contributed by atoms with Crippen LogP contribution in [0.3, 0.4) is 0 Å². The van der Waals surface area contributed by atoms with Gasteiger partial charge in [0.2, 0.25) is 0 Å². The summed E-state index contributed by atoms with van der Waals surface area (Å²) in [6, 6.07) is 2.82. The van der Waals surface area contributed by atoms with Gasteiger partial charge in [0, 0.05) is 11.6 Å². The quantitative estimate of drug-likeness (QED) is 0.804. The minimum atomic E-state index is -0.510. The Morgan fingerprint density at radius 2 is 2.00 bits per heavy atom. The van der Waals surface area contributed by atoms with Gasteiger partial charge in [0.25, 0.3) is 0 Å². The highest BCUT2D eigenvalue weighted by Crippen LogP contribution is 2.24. The van der Waals surface area contributed by atoms with Crippen molar-refractivity contribution in [2.45, 2.75) is 19.4 Å². The van der Waals surface area contributed by atoms with E-state index in [1.54, 1.807) is 0 Å². The Balaban J connectivity index is 2.89. The van der Waals surface area contributed by atoms with Crippen LogP contribution in [-0.4, -0.2) is 6.54 Å². The summed E-state index contributed by atoms with van der Waals surface area (Å²) < 4.78 is 26.3.